The highest BCUT2D eigenvalue weighted by Crippen LogP contribution is 2.22. The van der Waals surface area contributed by atoms with E-state index in [-0.39, 0.29) is 5.91 Å². The highest BCUT2D eigenvalue weighted by atomic mass is 16.5. The molecule has 1 amide bonds. The molecule has 17 heavy (non-hydrogen) atoms. The normalized spacial score (nSPS) is 13.8. The van der Waals surface area contributed by atoms with Gasteiger partial charge in [0.2, 0.25) is 5.91 Å². The van der Waals surface area contributed by atoms with Gasteiger partial charge < -0.3 is 15.4 Å². The lowest BCUT2D eigenvalue weighted by molar-refractivity contribution is -0.132. The number of nitrogens with zero attached hydrogens (tertiary/aromatic N) is 1. The number of nitrogens with two attached hydrogens (primary N) is 1. The Bertz CT molecular complexity index is 368. The number of carbonyl (C=O) groups is 1. The molecule has 4 heteroatoms. The van der Waals surface area contributed by atoms with Crippen molar-refractivity contribution >= 4 is 5.91 Å². The molecular formula is C13H18N2O2. The van der Waals surface area contributed by atoms with Gasteiger partial charge in [0.05, 0.1) is 19.6 Å². The van der Waals surface area contributed by atoms with Crippen molar-refractivity contribution in [3.05, 3.63) is 35.4 Å². The molecule has 4 nitrogen and oxygen atoms in total. The van der Waals surface area contributed by atoms with Gasteiger partial charge in [0.25, 0.3) is 0 Å². The summed E-state index contributed by atoms with van der Waals surface area (Å²) in [6.45, 7) is 2.94. The van der Waals surface area contributed by atoms with Gasteiger partial charge in [0, 0.05) is 19.6 Å². The lowest BCUT2D eigenvalue weighted by Crippen LogP contribution is -2.26. The maximum Gasteiger partial charge on any atom is 0.225 e. The molecule has 0 aliphatic carbocycles. The van der Waals surface area contributed by atoms with Crippen LogP contribution >= 0.6 is 0 Å². The molecule has 0 aromatic heterocycles. The topological polar surface area (TPSA) is 55.6 Å². The number of benzene rings is 1. The summed E-state index contributed by atoms with van der Waals surface area (Å²) in [5.41, 5.74) is 7.81. The molecule has 0 fully saturated rings. The summed E-state index contributed by atoms with van der Waals surface area (Å²) in [5.74, 6) is 0.151. The maximum absolute atomic E-state index is 11.9. The Morgan fingerprint density at radius 1 is 1.24 bits per heavy atom. The fourth-order valence-electron chi connectivity index (χ4n) is 2.01. The zero-order valence-corrected chi connectivity index (χ0v) is 9.89. The molecular weight excluding hydrogens is 216 g/mol. The Morgan fingerprint density at radius 3 is 2.47 bits per heavy atom. The van der Waals surface area contributed by atoms with E-state index >= 15 is 0 Å². The van der Waals surface area contributed by atoms with Gasteiger partial charge in [-0.05, 0) is 11.1 Å². The van der Waals surface area contributed by atoms with E-state index in [1.54, 1.807) is 0 Å². The number of rotatable bonds is 5. The fourth-order valence-corrected chi connectivity index (χ4v) is 2.01. The van der Waals surface area contributed by atoms with Gasteiger partial charge in [-0.3, -0.25) is 4.79 Å². The lowest BCUT2D eigenvalue weighted by Gasteiger charge is -2.15. The Kier molecular flexibility index (Phi) is 4.12. The Morgan fingerprint density at radius 2 is 1.88 bits per heavy atom. The molecule has 2 N–H and O–H groups in total. The van der Waals surface area contributed by atoms with Crippen molar-refractivity contribution < 1.29 is 9.53 Å². The zero-order valence-electron chi connectivity index (χ0n) is 9.89. The van der Waals surface area contributed by atoms with Gasteiger partial charge >= 0.3 is 0 Å². The van der Waals surface area contributed by atoms with Gasteiger partial charge in [-0.1, -0.05) is 24.3 Å². The maximum atomic E-state index is 11.9. The SMILES string of the molecule is NCCOCCC(=O)N1Cc2ccccc2C1. The first kappa shape index (κ1) is 12.1. The van der Waals surface area contributed by atoms with Crippen LogP contribution in [0, 0.1) is 0 Å². The van der Waals surface area contributed by atoms with E-state index < -0.39 is 0 Å². The molecule has 0 radical (unpaired) electrons. The van der Waals surface area contributed by atoms with Crippen molar-refractivity contribution in [3.8, 4) is 0 Å². The minimum absolute atomic E-state index is 0.151. The number of hydrogen-bond donors (Lipinski definition) is 1. The van der Waals surface area contributed by atoms with Crippen LogP contribution in [0.3, 0.4) is 0 Å². The van der Waals surface area contributed by atoms with Crippen molar-refractivity contribution in [2.24, 2.45) is 5.73 Å². The number of hydrogen-bond acceptors (Lipinski definition) is 3. The van der Waals surface area contributed by atoms with Crippen LogP contribution < -0.4 is 5.73 Å². The van der Waals surface area contributed by atoms with E-state index in [9.17, 15) is 4.79 Å². The van der Waals surface area contributed by atoms with Crippen molar-refractivity contribution in [1.29, 1.82) is 0 Å². The molecule has 2 rings (SSSR count). The predicted molar refractivity (Wildman–Crippen MR) is 65.2 cm³/mol. The summed E-state index contributed by atoms with van der Waals surface area (Å²) >= 11 is 0. The largest absolute Gasteiger partial charge is 0.380 e. The first-order valence-corrected chi connectivity index (χ1v) is 5.93. The quantitative estimate of drug-likeness (QED) is 0.770. The predicted octanol–water partition coefficient (Wildman–Crippen LogP) is 0.894. The number of fused-ring (bicyclic) bond motifs is 1. The van der Waals surface area contributed by atoms with Gasteiger partial charge in [-0.25, -0.2) is 0 Å². The van der Waals surface area contributed by atoms with Crippen LogP contribution in [-0.4, -0.2) is 30.6 Å². The van der Waals surface area contributed by atoms with E-state index in [1.807, 2.05) is 17.0 Å². The fraction of sp³-hybridized carbons (Fsp3) is 0.462. The van der Waals surface area contributed by atoms with Crippen molar-refractivity contribution in [1.82, 2.24) is 4.90 Å². The third kappa shape index (κ3) is 3.05. The van der Waals surface area contributed by atoms with Crippen LogP contribution in [0.5, 0.6) is 0 Å². The van der Waals surface area contributed by atoms with E-state index in [0.29, 0.717) is 26.2 Å². The molecule has 0 bridgehead atoms. The van der Waals surface area contributed by atoms with Gasteiger partial charge in [-0.15, -0.1) is 0 Å². The zero-order chi connectivity index (χ0) is 12.1. The molecule has 92 valence electrons. The van der Waals surface area contributed by atoms with E-state index in [4.69, 9.17) is 10.5 Å². The van der Waals surface area contributed by atoms with Crippen LogP contribution in [0.25, 0.3) is 0 Å². The smallest absolute Gasteiger partial charge is 0.225 e. The van der Waals surface area contributed by atoms with E-state index in [1.165, 1.54) is 11.1 Å². The standard InChI is InChI=1S/C13H18N2O2/c14-6-8-17-7-5-13(16)15-9-11-3-1-2-4-12(11)10-15/h1-4H,5-10,14H2. The molecule has 1 aromatic carbocycles. The van der Waals surface area contributed by atoms with Gasteiger partial charge in [0.15, 0.2) is 0 Å². The second kappa shape index (κ2) is 5.80. The first-order chi connectivity index (χ1) is 8.31. The Labute approximate surface area is 101 Å². The summed E-state index contributed by atoms with van der Waals surface area (Å²) in [6, 6.07) is 8.18. The second-order valence-corrected chi connectivity index (χ2v) is 4.17. The lowest BCUT2D eigenvalue weighted by atomic mass is 10.1. The number of carbonyl (C=O) groups excluding carboxylic acids is 1. The monoisotopic (exact) mass is 234 g/mol. The molecule has 0 saturated heterocycles. The minimum atomic E-state index is 0.151. The Hall–Kier alpha value is -1.39. The molecule has 1 aliphatic rings. The highest BCUT2D eigenvalue weighted by Gasteiger charge is 2.22. The average molecular weight is 234 g/mol. The molecule has 1 aliphatic heterocycles. The third-order valence-electron chi connectivity index (χ3n) is 2.92. The summed E-state index contributed by atoms with van der Waals surface area (Å²) in [5, 5.41) is 0. The van der Waals surface area contributed by atoms with Crippen molar-refractivity contribution in [2.45, 2.75) is 19.5 Å². The third-order valence-corrected chi connectivity index (χ3v) is 2.92. The Balaban J connectivity index is 1.80. The van der Waals surface area contributed by atoms with Crippen LogP contribution in [-0.2, 0) is 22.6 Å². The van der Waals surface area contributed by atoms with Crippen molar-refractivity contribution in [2.75, 3.05) is 19.8 Å². The van der Waals surface area contributed by atoms with Crippen molar-refractivity contribution in [3.63, 3.8) is 0 Å². The van der Waals surface area contributed by atoms with E-state index in [2.05, 4.69) is 12.1 Å². The molecule has 1 aromatic rings. The summed E-state index contributed by atoms with van der Waals surface area (Å²) in [7, 11) is 0. The van der Waals surface area contributed by atoms with E-state index in [0.717, 1.165) is 13.1 Å². The molecule has 0 saturated carbocycles. The highest BCUT2D eigenvalue weighted by molar-refractivity contribution is 5.77. The first-order valence-electron chi connectivity index (χ1n) is 5.93. The molecule has 0 spiro atoms. The molecule has 0 atom stereocenters. The molecule has 1 heterocycles. The number of ether oxygens (including phenoxy) is 1. The summed E-state index contributed by atoms with van der Waals surface area (Å²) in [6.07, 6.45) is 0.438. The summed E-state index contributed by atoms with van der Waals surface area (Å²) < 4.78 is 5.22. The average Bonchev–Trinajstić information content (AvgIpc) is 2.78. The number of amides is 1. The van der Waals surface area contributed by atoms with Crippen LogP contribution in [0.4, 0.5) is 0 Å². The molecule has 0 unspecified atom stereocenters. The van der Waals surface area contributed by atoms with Crippen LogP contribution in [0.2, 0.25) is 0 Å². The van der Waals surface area contributed by atoms with Gasteiger partial charge in [-0.2, -0.15) is 0 Å². The summed E-state index contributed by atoms with van der Waals surface area (Å²) in [4.78, 5) is 13.8. The van der Waals surface area contributed by atoms with Crippen LogP contribution in [0.15, 0.2) is 24.3 Å². The minimum Gasteiger partial charge on any atom is -0.380 e. The van der Waals surface area contributed by atoms with Crippen LogP contribution in [0.1, 0.15) is 17.5 Å². The van der Waals surface area contributed by atoms with Gasteiger partial charge in [0.1, 0.15) is 0 Å². The second-order valence-electron chi connectivity index (χ2n) is 4.17.